The molecule has 19 heavy (non-hydrogen) atoms. The molecule has 0 aliphatic rings. The van der Waals surface area contributed by atoms with Gasteiger partial charge in [0.25, 0.3) is 0 Å². The lowest BCUT2D eigenvalue weighted by Crippen LogP contribution is -2.14. The Morgan fingerprint density at radius 3 is 2.89 bits per heavy atom. The second-order valence-electron chi connectivity index (χ2n) is 4.27. The first-order chi connectivity index (χ1) is 9.31. The molecule has 2 rings (SSSR count). The van der Waals surface area contributed by atoms with Crippen molar-refractivity contribution in [3.8, 4) is 5.75 Å². The van der Waals surface area contributed by atoms with Crippen LogP contribution in [0.3, 0.4) is 0 Å². The molecule has 0 bridgehead atoms. The van der Waals surface area contributed by atoms with Crippen LogP contribution < -0.4 is 10.1 Å². The van der Waals surface area contributed by atoms with E-state index in [0.29, 0.717) is 6.61 Å². The van der Waals surface area contributed by atoms with Gasteiger partial charge < -0.3 is 10.1 Å². The smallest absolute Gasteiger partial charge is 0.138 e. The van der Waals surface area contributed by atoms with Crippen LogP contribution >= 0.6 is 27.3 Å². The SMILES string of the molecule is CCCNCc1cccc(Br)c1OCc1cccs1. The van der Waals surface area contributed by atoms with Crippen molar-refractivity contribution in [2.24, 2.45) is 0 Å². The maximum atomic E-state index is 5.97. The summed E-state index contributed by atoms with van der Waals surface area (Å²) in [5.74, 6) is 0.944. The summed E-state index contributed by atoms with van der Waals surface area (Å²) >= 11 is 5.29. The molecular formula is C15H18BrNOS. The molecule has 0 aliphatic heterocycles. The summed E-state index contributed by atoms with van der Waals surface area (Å²) in [7, 11) is 0. The van der Waals surface area contributed by atoms with E-state index in [1.165, 1.54) is 10.4 Å². The fraction of sp³-hybridized carbons (Fsp3) is 0.333. The van der Waals surface area contributed by atoms with E-state index < -0.39 is 0 Å². The van der Waals surface area contributed by atoms with Crippen LogP contribution in [0.5, 0.6) is 5.75 Å². The van der Waals surface area contributed by atoms with E-state index in [9.17, 15) is 0 Å². The van der Waals surface area contributed by atoms with Gasteiger partial charge >= 0.3 is 0 Å². The molecule has 102 valence electrons. The minimum absolute atomic E-state index is 0.626. The zero-order valence-corrected chi connectivity index (χ0v) is 13.4. The third kappa shape index (κ3) is 4.34. The van der Waals surface area contributed by atoms with E-state index in [1.807, 2.05) is 18.2 Å². The van der Waals surface area contributed by atoms with Gasteiger partial charge in [0.2, 0.25) is 0 Å². The van der Waals surface area contributed by atoms with Crippen molar-refractivity contribution < 1.29 is 4.74 Å². The molecule has 2 aromatic rings. The zero-order valence-electron chi connectivity index (χ0n) is 11.0. The van der Waals surface area contributed by atoms with Crippen LogP contribution in [0.15, 0.2) is 40.2 Å². The van der Waals surface area contributed by atoms with E-state index in [4.69, 9.17) is 4.74 Å². The average Bonchev–Trinajstić information content (AvgIpc) is 2.91. The number of thiophene rings is 1. The Kier molecular flexibility index (Phi) is 5.89. The molecule has 2 nitrogen and oxygen atoms in total. The van der Waals surface area contributed by atoms with E-state index in [1.54, 1.807) is 11.3 Å². The van der Waals surface area contributed by atoms with E-state index in [2.05, 4.69) is 45.7 Å². The number of para-hydroxylation sites is 1. The van der Waals surface area contributed by atoms with E-state index in [-0.39, 0.29) is 0 Å². The molecule has 0 unspecified atom stereocenters. The van der Waals surface area contributed by atoms with Crippen molar-refractivity contribution in [2.75, 3.05) is 6.54 Å². The van der Waals surface area contributed by atoms with Crippen molar-refractivity contribution >= 4 is 27.3 Å². The lowest BCUT2D eigenvalue weighted by molar-refractivity contribution is 0.303. The highest BCUT2D eigenvalue weighted by Gasteiger charge is 2.08. The number of rotatable bonds is 7. The van der Waals surface area contributed by atoms with E-state index in [0.717, 1.165) is 29.7 Å². The van der Waals surface area contributed by atoms with Crippen molar-refractivity contribution in [3.63, 3.8) is 0 Å². The molecule has 0 aliphatic carbocycles. The maximum Gasteiger partial charge on any atom is 0.138 e. The molecule has 0 radical (unpaired) electrons. The number of benzene rings is 1. The number of hydrogen-bond acceptors (Lipinski definition) is 3. The quantitative estimate of drug-likeness (QED) is 0.745. The standard InChI is InChI=1S/C15H18BrNOS/c1-2-8-17-10-12-5-3-7-14(16)15(12)18-11-13-6-4-9-19-13/h3-7,9,17H,2,8,10-11H2,1H3. The molecular weight excluding hydrogens is 322 g/mol. The van der Waals surface area contributed by atoms with Gasteiger partial charge in [0.15, 0.2) is 0 Å². The summed E-state index contributed by atoms with van der Waals surface area (Å²) in [6, 6.07) is 10.3. The van der Waals surface area contributed by atoms with Crippen LogP contribution in [0.4, 0.5) is 0 Å². The van der Waals surface area contributed by atoms with Gasteiger partial charge in [-0.1, -0.05) is 25.1 Å². The monoisotopic (exact) mass is 339 g/mol. The molecule has 1 aromatic heterocycles. The lowest BCUT2D eigenvalue weighted by atomic mass is 10.2. The second-order valence-corrected chi connectivity index (χ2v) is 6.16. The Bertz CT molecular complexity index is 499. The largest absolute Gasteiger partial charge is 0.487 e. The summed E-state index contributed by atoms with van der Waals surface area (Å²) in [5.41, 5.74) is 1.19. The van der Waals surface area contributed by atoms with Crippen LogP contribution in [0.2, 0.25) is 0 Å². The van der Waals surface area contributed by atoms with Crippen LogP contribution in [0.25, 0.3) is 0 Å². The van der Waals surface area contributed by atoms with Gasteiger partial charge in [-0.15, -0.1) is 11.3 Å². The molecule has 0 saturated heterocycles. The van der Waals surface area contributed by atoms with Gasteiger partial charge in [-0.25, -0.2) is 0 Å². The maximum absolute atomic E-state index is 5.97. The molecule has 0 atom stereocenters. The molecule has 1 N–H and O–H groups in total. The minimum atomic E-state index is 0.626. The minimum Gasteiger partial charge on any atom is -0.487 e. The van der Waals surface area contributed by atoms with Crippen molar-refractivity contribution in [3.05, 3.63) is 50.6 Å². The van der Waals surface area contributed by atoms with Crippen molar-refractivity contribution in [1.29, 1.82) is 0 Å². The molecule has 0 spiro atoms. The molecule has 0 amide bonds. The first-order valence-electron chi connectivity index (χ1n) is 6.44. The predicted molar refractivity (Wildman–Crippen MR) is 84.8 cm³/mol. The van der Waals surface area contributed by atoms with Gasteiger partial charge in [0, 0.05) is 17.0 Å². The lowest BCUT2D eigenvalue weighted by Gasteiger charge is -2.13. The Morgan fingerprint density at radius 1 is 1.26 bits per heavy atom. The van der Waals surface area contributed by atoms with Crippen LogP contribution in [0, 0.1) is 0 Å². The summed E-state index contributed by atoms with van der Waals surface area (Å²) in [4.78, 5) is 1.24. The van der Waals surface area contributed by atoms with Gasteiger partial charge in [0.05, 0.1) is 4.47 Å². The topological polar surface area (TPSA) is 21.3 Å². The highest BCUT2D eigenvalue weighted by atomic mass is 79.9. The summed E-state index contributed by atoms with van der Waals surface area (Å²) in [5, 5.41) is 5.49. The Hall–Kier alpha value is -0.840. The molecule has 0 fully saturated rings. The average molecular weight is 340 g/mol. The van der Waals surface area contributed by atoms with Gasteiger partial charge in [0.1, 0.15) is 12.4 Å². The number of halogens is 1. The second kappa shape index (κ2) is 7.68. The summed E-state index contributed by atoms with van der Waals surface area (Å²) < 4.78 is 6.98. The Morgan fingerprint density at radius 2 is 2.16 bits per heavy atom. The van der Waals surface area contributed by atoms with Gasteiger partial charge in [-0.05, 0) is 46.4 Å². The molecule has 1 aromatic carbocycles. The molecule has 4 heteroatoms. The van der Waals surface area contributed by atoms with Crippen LogP contribution in [-0.2, 0) is 13.2 Å². The first kappa shape index (κ1) is 14.6. The predicted octanol–water partition coefficient (Wildman–Crippen LogP) is 4.59. The van der Waals surface area contributed by atoms with Crippen molar-refractivity contribution in [2.45, 2.75) is 26.5 Å². The highest BCUT2D eigenvalue weighted by Crippen LogP contribution is 2.30. The molecule has 1 heterocycles. The normalized spacial score (nSPS) is 10.6. The number of hydrogen-bond donors (Lipinski definition) is 1. The van der Waals surface area contributed by atoms with E-state index >= 15 is 0 Å². The number of ether oxygens (including phenoxy) is 1. The fourth-order valence-corrected chi connectivity index (χ4v) is 2.93. The van der Waals surface area contributed by atoms with Crippen molar-refractivity contribution in [1.82, 2.24) is 5.32 Å². The molecule has 0 saturated carbocycles. The van der Waals surface area contributed by atoms with Gasteiger partial charge in [-0.2, -0.15) is 0 Å². The van der Waals surface area contributed by atoms with Crippen LogP contribution in [-0.4, -0.2) is 6.54 Å². The first-order valence-corrected chi connectivity index (χ1v) is 8.11. The third-order valence-electron chi connectivity index (χ3n) is 2.73. The Labute approximate surface area is 126 Å². The highest BCUT2D eigenvalue weighted by molar-refractivity contribution is 9.10. The zero-order chi connectivity index (χ0) is 13.5. The van der Waals surface area contributed by atoms with Gasteiger partial charge in [-0.3, -0.25) is 0 Å². The van der Waals surface area contributed by atoms with Crippen LogP contribution in [0.1, 0.15) is 23.8 Å². The summed E-state index contributed by atoms with van der Waals surface area (Å²) in [6.45, 7) is 4.66. The third-order valence-corrected chi connectivity index (χ3v) is 4.20. The Balaban J connectivity index is 2.04. The number of nitrogens with one attached hydrogen (secondary N) is 1. The summed E-state index contributed by atoms with van der Waals surface area (Å²) in [6.07, 6.45) is 1.14. The fourth-order valence-electron chi connectivity index (χ4n) is 1.79.